The largest absolute Gasteiger partial charge is 0.480 e. The summed E-state index contributed by atoms with van der Waals surface area (Å²) in [6.07, 6.45) is 9.48. The Hall–Kier alpha value is -2.75. The molecule has 1 saturated carbocycles. The van der Waals surface area contributed by atoms with E-state index in [1.807, 2.05) is 43.3 Å². The summed E-state index contributed by atoms with van der Waals surface area (Å²) in [6, 6.07) is 12.5. The normalized spacial score (nSPS) is 15.4. The van der Waals surface area contributed by atoms with Crippen LogP contribution in [0.15, 0.2) is 42.5 Å². The zero-order valence-electron chi connectivity index (χ0n) is 27.2. The van der Waals surface area contributed by atoms with Crippen molar-refractivity contribution in [1.29, 1.82) is 0 Å². The van der Waals surface area contributed by atoms with Crippen molar-refractivity contribution in [3.05, 3.63) is 59.2 Å². The number of ether oxygens (including phenoxy) is 1. The van der Waals surface area contributed by atoms with Crippen LogP contribution in [0.2, 0.25) is 0 Å². The number of benzene rings is 2. The highest BCUT2D eigenvalue weighted by Crippen LogP contribution is 2.31. The van der Waals surface area contributed by atoms with Gasteiger partial charge in [0.25, 0.3) is 5.91 Å². The van der Waals surface area contributed by atoms with Gasteiger partial charge in [0.1, 0.15) is 15.9 Å². The Morgan fingerprint density at radius 1 is 1.04 bits per heavy atom. The number of carbonyl (C=O) groups excluding carboxylic acids is 1. The number of sulfone groups is 1. The summed E-state index contributed by atoms with van der Waals surface area (Å²) < 4.78 is 29.5. The smallest absolute Gasteiger partial charge is 0.326 e. The van der Waals surface area contributed by atoms with Crippen molar-refractivity contribution in [1.82, 2.24) is 10.2 Å². The number of carboxylic acid groups (broad SMARTS) is 1. The molecular weight excluding hydrogens is 588 g/mol. The molecule has 2 aromatic rings. The first-order valence-corrected chi connectivity index (χ1v) is 18.1. The highest BCUT2D eigenvalue weighted by atomic mass is 32.2. The predicted molar refractivity (Wildman–Crippen MR) is 183 cm³/mol. The molecule has 45 heavy (non-hydrogen) atoms. The molecule has 0 aromatic heterocycles. The van der Waals surface area contributed by atoms with Gasteiger partial charge in [-0.15, -0.1) is 0 Å². The lowest BCUT2D eigenvalue weighted by Crippen LogP contribution is -2.42. The molecule has 0 unspecified atom stereocenters. The van der Waals surface area contributed by atoms with Gasteiger partial charge >= 0.3 is 5.97 Å². The molecule has 0 saturated heterocycles. The molecule has 0 bridgehead atoms. The van der Waals surface area contributed by atoms with E-state index in [-0.39, 0.29) is 25.6 Å². The fourth-order valence-corrected chi connectivity index (χ4v) is 6.61. The molecule has 0 heterocycles. The van der Waals surface area contributed by atoms with Gasteiger partial charge in [-0.1, -0.05) is 83.7 Å². The number of nitrogens with zero attached hydrogens (tertiary/aromatic N) is 1. The van der Waals surface area contributed by atoms with Crippen molar-refractivity contribution in [3.8, 4) is 11.1 Å². The molecular formula is C36H56N2O6S. The minimum atomic E-state index is -3.38. The second-order valence-electron chi connectivity index (χ2n) is 13.0. The molecule has 2 atom stereocenters. The van der Waals surface area contributed by atoms with Crippen LogP contribution in [-0.2, 0) is 25.9 Å². The number of carboxylic acids is 1. The number of nitrogens with one attached hydrogen (secondary N) is 1. The lowest BCUT2D eigenvalue weighted by atomic mass is 9.84. The van der Waals surface area contributed by atoms with E-state index in [4.69, 9.17) is 4.74 Å². The molecule has 1 amide bonds. The van der Waals surface area contributed by atoms with Crippen molar-refractivity contribution in [2.24, 2.45) is 11.8 Å². The van der Waals surface area contributed by atoms with Gasteiger partial charge < -0.3 is 15.2 Å². The molecule has 3 rings (SSSR count). The fraction of sp³-hybridized carbons (Fsp3) is 0.611. The highest BCUT2D eigenvalue weighted by molar-refractivity contribution is 7.90. The molecule has 252 valence electrons. The Morgan fingerprint density at radius 2 is 1.73 bits per heavy atom. The monoisotopic (exact) mass is 644 g/mol. The summed E-state index contributed by atoms with van der Waals surface area (Å²) in [7, 11) is -1.24. The summed E-state index contributed by atoms with van der Waals surface area (Å²) in [5.74, 6) is -0.826. The Kier molecular flexibility index (Phi) is 15.7. The zero-order valence-corrected chi connectivity index (χ0v) is 28.0. The number of amides is 1. The highest BCUT2D eigenvalue weighted by Gasteiger charge is 2.26. The molecule has 1 fully saturated rings. The summed E-state index contributed by atoms with van der Waals surface area (Å²) in [6.45, 7) is 8.53. The number of likely N-dealkylation sites (N-methyl/N-ethyl adjacent to an activating group) is 1. The minimum absolute atomic E-state index is 0. The van der Waals surface area contributed by atoms with Crippen molar-refractivity contribution >= 4 is 21.7 Å². The Morgan fingerprint density at radius 3 is 2.36 bits per heavy atom. The average molecular weight is 645 g/mol. The molecule has 8 nitrogen and oxygen atoms in total. The second kappa shape index (κ2) is 18.4. The zero-order chi connectivity index (χ0) is 32.3. The first-order chi connectivity index (χ1) is 20.8. The van der Waals surface area contributed by atoms with Gasteiger partial charge in [-0.05, 0) is 79.5 Å². The van der Waals surface area contributed by atoms with E-state index in [9.17, 15) is 23.1 Å². The van der Waals surface area contributed by atoms with Crippen molar-refractivity contribution in [3.63, 3.8) is 0 Å². The third-order valence-corrected chi connectivity index (χ3v) is 9.66. The average Bonchev–Trinajstić information content (AvgIpc) is 2.96. The first-order valence-electron chi connectivity index (χ1n) is 16.0. The summed E-state index contributed by atoms with van der Waals surface area (Å²) in [5, 5.41) is 12.3. The minimum Gasteiger partial charge on any atom is -0.480 e. The number of rotatable bonds is 17. The van der Waals surface area contributed by atoms with Crippen LogP contribution in [0, 0.1) is 18.8 Å². The lowest BCUT2D eigenvalue weighted by Gasteiger charge is -2.33. The number of aryl methyl sites for hydroxylation is 1. The van der Waals surface area contributed by atoms with E-state index >= 15 is 0 Å². The standard InChI is InChI=1S/C35H52N2O6S.CH4/c1-25(2)17-19-43-24-29(21-27-12-7-6-8-13-27)37(4)23-28-15-16-31(32(22-28)30-14-10-9-11-26(30)3)34(38)36-33(35(39)40)18-20-44(5,41)42;/h9-11,14-16,22,25,27,29,33H,6-8,12-13,17-21,23-24H2,1-5H3,(H,36,38)(H,39,40);1H4/t29-,33+;/m1./s1. The van der Waals surface area contributed by atoms with Crippen LogP contribution in [0.4, 0.5) is 0 Å². The van der Waals surface area contributed by atoms with Crippen LogP contribution >= 0.6 is 0 Å². The molecule has 1 aliphatic rings. The van der Waals surface area contributed by atoms with Gasteiger partial charge in [-0.25, -0.2) is 13.2 Å². The van der Waals surface area contributed by atoms with Gasteiger partial charge in [-0.2, -0.15) is 0 Å². The lowest BCUT2D eigenvalue weighted by molar-refractivity contribution is -0.139. The molecule has 2 aromatic carbocycles. The van der Waals surface area contributed by atoms with Gasteiger partial charge in [0.15, 0.2) is 0 Å². The summed E-state index contributed by atoms with van der Waals surface area (Å²) in [5.41, 5.74) is 4.00. The molecule has 0 spiro atoms. The quantitative estimate of drug-likeness (QED) is 0.183. The van der Waals surface area contributed by atoms with E-state index in [1.165, 1.54) is 32.1 Å². The van der Waals surface area contributed by atoms with Crippen molar-refractivity contribution in [2.75, 3.05) is 32.3 Å². The van der Waals surface area contributed by atoms with Gasteiger partial charge in [0, 0.05) is 31.0 Å². The second-order valence-corrected chi connectivity index (χ2v) is 15.3. The van der Waals surface area contributed by atoms with Crippen molar-refractivity contribution in [2.45, 2.75) is 98.2 Å². The number of aliphatic carboxylic acids is 1. The van der Waals surface area contributed by atoms with E-state index < -0.39 is 27.8 Å². The number of hydrogen-bond acceptors (Lipinski definition) is 6. The van der Waals surface area contributed by atoms with E-state index in [0.29, 0.717) is 30.6 Å². The number of carbonyl (C=O) groups is 2. The van der Waals surface area contributed by atoms with Crippen LogP contribution in [0.5, 0.6) is 0 Å². The van der Waals surface area contributed by atoms with Gasteiger partial charge in [0.05, 0.1) is 12.4 Å². The van der Waals surface area contributed by atoms with Crippen LogP contribution in [0.3, 0.4) is 0 Å². The fourth-order valence-electron chi connectivity index (χ4n) is 5.95. The van der Waals surface area contributed by atoms with E-state index in [1.54, 1.807) is 6.07 Å². The summed E-state index contributed by atoms with van der Waals surface area (Å²) >= 11 is 0. The maximum Gasteiger partial charge on any atom is 0.326 e. The van der Waals surface area contributed by atoms with Crippen LogP contribution in [0.25, 0.3) is 11.1 Å². The Bertz CT molecular complexity index is 1340. The van der Waals surface area contributed by atoms with Gasteiger partial charge in [0.2, 0.25) is 0 Å². The summed E-state index contributed by atoms with van der Waals surface area (Å²) in [4.78, 5) is 27.7. The van der Waals surface area contributed by atoms with E-state index in [0.717, 1.165) is 48.0 Å². The SMILES string of the molecule is C.Cc1ccccc1-c1cc(CN(C)[C@@H](COCCC(C)C)CC2CCCCC2)ccc1C(=O)N[C@@H](CCS(C)(=O)=O)C(=O)O. The van der Waals surface area contributed by atoms with Crippen molar-refractivity contribution < 1.29 is 27.9 Å². The third-order valence-electron chi connectivity index (χ3n) is 8.68. The third kappa shape index (κ3) is 12.9. The van der Waals surface area contributed by atoms with Crippen LogP contribution in [-0.4, -0.2) is 74.7 Å². The molecule has 9 heteroatoms. The molecule has 2 N–H and O–H groups in total. The number of hydrogen-bond donors (Lipinski definition) is 2. The predicted octanol–water partition coefficient (Wildman–Crippen LogP) is 6.75. The Labute approximate surface area is 271 Å². The maximum atomic E-state index is 13.5. The molecule has 1 aliphatic carbocycles. The Balaban J connectivity index is 0.00000705. The topological polar surface area (TPSA) is 113 Å². The maximum absolute atomic E-state index is 13.5. The van der Waals surface area contributed by atoms with Gasteiger partial charge in [-0.3, -0.25) is 9.69 Å². The van der Waals surface area contributed by atoms with Crippen LogP contribution in [0.1, 0.15) is 94.1 Å². The molecule has 0 radical (unpaired) electrons. The van der Waals surface area contributed by atoms with Crippen LogP contribution < -0.4 is 5.32 Å². The first kappa shape index (κ1) is 38.4. The molecule has 0 aliphatic heterocycles. The van der Waals surface area contributed by atoms with E-state index in [2.05, 4.69) is 31.1 Å².